The van der Waals surface area contributed by atoms with Gasteiger partial charge in [0.15, 0.2) is 0 Å². The van der Waals surface area contributed by atoms with Gasteiger partial charge in [-0.1, -0.05) is 13.8 Å². The molecule has 0 bridgehead atoms. The van der Waals surface area contributed by atoms with Gasteiger partial charge in [-0.3, -0.25) is 4.79 Å². The predicted molar refractivity (Wildman–Crippen MR) is 66.4 cm³/mol. The molecule has 1 atom stereocenters. The summed E-state index contributed by atoms with van der Waals surface area (Å²) in [5.74, 6) is 0.330. The molecule has 1 unspecified atom stereocenters. The van der Waals surface area contributed by atoms with E-state index >= 15 is 0 Å². The van der Waals surface area contributed by atoms with Gasteiger partial charge >= 0.3 is 0 Å². The summed E-state index contributed by atoms with van der Waals surface area (Å²) < 4.78 is 0. The molecule has 2 N–H and O–H groups in total. The van der Waals surface area contributed by atoms with Crippen LogP contribution in [0.4, 0.5) is 0 Å². The lowest BCUT2D eigenvalue weighted by Crippen LogP contribution is -2.38. The molecule has 3 nitrogen and oxygen atoms in total. The Morgan fingerprint density at radius 2 is 2.31 bits per heavy atom. The number of thiophene rings is 1. The third-order valence-corrected chi connectivity index (χ3v) is 3.05. The third kappa shape index (κ3) is 3.94. The van der Waals surface area contributed by atoms with Gasteiger partial charge in [-0.05, 0) is 35.2 Å². The smallest absolute Gasteiger partial charge is 0.220 e. The number of carbonyl (C=O) groups excluding carboxylic acids is 1. The van der Waals surface area contributed by atoms with Crippen LogP contribution >= 0.6 is 11.3 Å². The monoisotopic (exact) mass is 241 g/mol. The molecule has 0 fully saturated rings. The number of rotatable bonds is 5. The van der Waals surface area contributed by atoms with Crippen molar-refractivity contribution < 1.29 is 9.90 Å². The minimum absolute atomic E-state index is 0.00879. The van der Waals surface area contributed by atoms with Crippen LogP contribution in [0.5, 0.6) is 0 Å². The lowest BCUT2D eigenvalue weighted by atomic mass is 9.99. The Morgan fingerprint density at radius 3 is 2.81 bits per heavy atom. The van der Waals surface area contributed by atoms with E-state index in [2.05, 4.69) is 5.32 Å². The molecule has 0 saturated carbocycles. The molecule has 1 rings (SSSR count). The van der Waals surface area contributed by atoms with Crippen LogP contribution in [-0.2, 0) is 10.4 Å². The molecule has 16 heavy (non-hydrogen) atoms. The van der Waals surface area contributed by atoms with Crippen LogP contribution in [0.3, 0.4) is 0 Å². The summed E-state index contributed by atoms with van der Waals surface area (Å²) in [6.07, 6.45) is 0.500. The van der Waals surface area contributed by atoms with Crippen LogP contribution < -0.4 is 5.32 Å². The van der Waals surface area contributed by atoms with Gasteiger partial charge < -0.3 is 10.4 Å². The van der Waals surface area contributed by atoms with E-state index in [1.165, 1.54) is 11.3 Å². The minimum Gasteiger partial charge on any atom is -0.384 e. The van der Waals surface area contributed by atoms with Crippen LogP contribution in [-0.4, -0.2) is 17.6 Å². The summed E-state index contributed by atoms with van der Waals surface area (Å²) in [5.41, 5.74) is -0.130. The van der Waals surface area contributed by atoms with Crippen molar-refractivity contribution in [2.75, 3.05) is 6.54 Å². The van der Waals surface area contributed by atoms with Crippen LogP contribution in [0.15, 0.2) is 16.8 Å². The summed E-state index contributed by atoms with van der Waals surface area (Å²) in [4.78, 5) is 11.5. The summed E-state index contributed by atoms with van der Waals surface area (Å²) in [6, 6.07) is 1.87. The van der Waals surface area contributed by atoms with Gasteiger partial charge in [0.05, 0.1) is 6.54 Å². The second kappa shape index (κ2) is 5.46. The second-order valence-corrected chi connectivity index (χ2v) is 5.44. The Morgan fingerprint density at radius 1 is 1.62 bits per heavy atom. The zero-order valence-electron chi connectivity index (χ0n) is 9.99. The van der Waals surface area contributed by atoms with E-state index in [9.17, 15) is 9.90 Å². The maximum Gasteiger partial charge on any atom is 0.220 e. The summed E-state index contributed by atoms with van der Waals surface area (Å²) in [7, 11) is 0. The Bertz CT molecular complexity index is 331. The van der Waals surface area contributed by atoms with E-state index in [4.69, 9.17) is 0 Å². The number of amides is 1. The number of hydrogen-bond donors (Lipinski definition) is 2. The molecule has 0 aliphatic rings. The highest BCUT2D eigenvalue weighted by Crippen LogP contribution is 2.22. The summed E-state index contributed by atoms with van der Waals surface area (Å²) in [5, 5.41) is 16.7. The van der Waals surface area contributed by atoms with E-state index in [0.717, 1.165) is 5.56 Å². The first kappa shape index (κ1) is 13.2. The van der Waals surface area contributed by atoms with Gasteiger partial charge in [-0.15, -0.1) is 0 Å². The highest BCUT2D eigenvalue weighted by Gasteiger charge is 2.24. The van der Waals surface area contributed by atoms with Crippen molar-refractivity contribution in [3.63, 3.8) is 0 Å². The molecule has 0 aromatic carbocycles. The number of aliphatic hydroxyl groups is 1. The first-order valence-corrected chi connectivity index (χ1v) is 6.38. The van der Waals surface area contributed by atoms with Crippen molar-refractivity contribution in [3.8, 4) is 0 Å². The molecule has 0 aliphatic heterocycles. The first-order chi connectivity index (χ1) is 7.42. The largest absolute Gasteiger partial charge is 0.384 e. The minimum atomic E-state index is -0.980. The van der Waals surface area contributed by atoms with Crippen LogP contribution in [0, 0.1) is 5.92 Å². The highest BCUT2D eigenvalue weighted by atomic mass is 32.1. The standard InChI is InChI=1S/C12H19NO2S/c1-9(2)6-11(14)13-8-12(3,15)10-4-5-16-7-10/h4-5,7,9,15H,6,8H2,1-3H3,(H,13,14). The SMILES string of the molecule is CC(C)CC(=O)NCC(C)(O)c1ccsc1. The molecular formula is C12H19NO2S. The molecule has 1 aromatic heterocycles. The number of hydrogen-bond acceptors (Lipinski definition) is 3. The van der Waals surface area contributed by atoms with E-state index in [1.54, 1.807) is 6.92 Å². The van der Waals surface area contributed by atoms with Crippen molar-refractivity contribution in [1.82, 2.24) is 5.32 Å². The second-order valence-electron chi connectivity index (χ2n) is 4.66. The average Bonchev–Trinajstić information content (AvgIpc) is 2.67. The zero-order valence-corrected chi connectivity index (χ0v) is 10.8. The van der Waals surface area contributed by atoms with Gasteiger partial charge in [0.2, 0.25) is 5.91 Å². The Hall–Kier alpha value is -0.870. The fraction of sp³-hybridized carbons (Fsp3) is 0.583. The normalized spacial score (nSPS) is 14.8. The topological polar surface area (TPSA) is 49.3 Å². The van der Waals surface area contributed by atoms with E-state index < -0.39 is 5.60 Å². The van der Waals surface area contributed by atoms with Crippen molar-refractivity contribution in [2.45, 2.75) is 32.8 Å². The fourth-order valence-electron chi connectivity index (χ4n) is 1.39. The molecule has 1 heterocycles. The van der Waals surface area contributed by atoms with Crippen molar-refractivity contribution in [3.05, 3.63) is 22.4 Å². The maximum absolute atomic E-state index is 11.5. The fourth-order valence-corrected chi connectivity index (χ4v) is 2.17. The molecule has 90 valence electrons. The van der Waals surface area contributed by atoms with Crippen LogP contribution in [0.25, 0.3) is 0 Å². The molecule has 0 saturated heterocycles. The average molecular weight is 241 g/mol. The quantitative estimate of drug-likeness (QED) is 0.829. The Kier molecular flexibility index (Phi) is 4.50. The molecule has 1 amide bonds. The van der Waals surface area contributed by atoms with Gasteiger partial charge in [0.1, 0.15) is 5.60 Å². The van der Waals surface area contributed by atoms with E-state index in [0.29, 0.717) is 12.3 Å². The van der Waals surface area contributed by atoms with E-state index in [1.807, 2.05) is 30.7 Å². The van der Waals surface area contributed by atoms with Crippen molar-refractivity contribution >= 4 is 17.2 Å². The molecule has 0 aliphatic carbocycles. The number of nitrogens with one attached hydrogen (secondary N) is 1. The predicted octanol–water partition coefficient (Wildman–Crippen LogP) is 2.12. The zero-order chi connectivity index (χ0) is 12.2. The summed E-state index contributed by atoms with van der Waals surface area (Å²) >= 11 is 1.54. The lowest BCUT2D eigenvalue weighted by molar-refractivity contribution is -0.123. The molecule has 1 aromatic rings. The lowest BCUT2D eigenvalue weighted by Gasteiger charge is -2.23. The molecule has 4 heteroatoms. The highest BCUT2D eigenvalue weighted by molar-refractivity contribution is 7.08. The van der Waals surface area contributed by atoms with Gasteiger partial charge in [-0.2, -0.15) is 11.3 Å². The van der Waals surface area contributed by atoms with Crippen LogP contribution in [0.1, 0.15) is 32.8 Å². The van der Waals surface area contributed by atoms with Crippen molar-refractivity contribution in [2.24, 2.45) is 5.92 Å². The van der Waals surface area contributed by atoms with Crippen molar-refractivity contribution in [1.29, 1.82) is 0 Å². The van der Waals surface area contributed by atoms with Gasteiger partial charge in [0, 0.05) is 6.42 Å². The third-order valence-electron chi connectivity index (χ3n) is 2.37. The van der Waals surface area contributed by atoms with Gasteiger partial charge in [0.25, 0.3) is 0 Å². The van der Waals surface area contributed by atoms with Gasteiger partial charge in [-0.25, -0.2) is 0 Å². The molecular weight excluding hydrogens is 222 g/mol. The number of carbonyl (C=O) groups is 1. The first-order valence-electron chi connectivity index (χ1n) is 5.43. The maximum atomic E-state index is 11.5. The Labute approximate surface area is 100 Å². The summed E-state index contributed by atoms with van der Waals surface area (Å²) in [6.45, 7) is 5.97. The molecule has 0 radical (unpaired) electrons. The molecule has 0 spiro atoms. The Balaban J connectivity index is 2.45. The van der Waals surface area contributed by atoms with E-state index in [-0.39, 0.29) is 12.5 Å². The van der Waals surface area contributed by atoms with Crippen LogP contribution in [0.2, 0.25) is 0 Å².